The van der Waals surface area contributed by atoms with Crippen LogP contribution in [0.2, 0.25) is 0 Å². The first kappa shape index (κ1) is 15.0. The Morgan fingerprint density at radius 1 is 1.62 bits per heavy atom. The number of hydrogen-bond acceptors (Lipinski definition) is 4. The van der Waals surface area contributed by atoms with Gasteiger partial charge in [0.1, 0.15) is 6.04 Å². The molecule has 0 aromatic rings. The zero-order chi connectivity index (χ0) is 12.6. The van der Waals surface area contributed by atoms with Crippen LogP contribution in [0, 0.1) is 0 Å². The molecule has 0 spiro atoms. The molecule has 1 atom stereocenters. The van der Waals surface area contributed by atoms with Gasteiger partial charge in [-0.25, -0.2) is 0 Å². The van der Waals surface area contributed by atoms with Crippen molar-refractivity contribution in [1.29, 1.82) is 0 Å². The van der Waals surface area contributed by atoms with E-state index in [-0.39, 0.29) is 19.6 Å². The van der Waals surface area contributed by atoms with Gasteiger partial charge in [-0.1, -0.05) is 6.08 Å². The summed E-state index contributed by atoms with van der Waals surface area (Å²) in [6.07, 6.45) is 1.34. The highest BCUT2D eigenvalue weighted by Gasteiger charge is 2.21. The summed E-state index contributed by atoms with van der Waals surface area (Å²) in [5, 5.41) is 8.71. The molecule has 0 fully saturated rings. The second kappa shape index (κ2) is 7.34. The normalized spacial score (nSPS) is 13.3. The van der Waals surface area contributed by atoms with Crippen LogP contribution in [0.5, 0.6) is 0 Å². The van der Waals surface area contributed by atoms with E-state index in [0.717, 1.165) is 0 Å². The van der Waals surface area contributed by atoms with Gasteiger partial charge in [-0.2, -0.15) is 17.9 Å². The molecule has 0 aromatic heterocycles. The van der Waals surface area contributed by atoms with Gasteiger partial charge >= 0.3 is 5.97 Å². The van der Waals surface area contributed by atoms with Gasteiger partial charge in [0.25, 0.3) is 10.2 Å². The largest absolute Gasteiger partial charge is 0.480 e. The lowest BCUT2D eigenvalue weighted by molar-refractivity contribution is -0.138. The topological polar surface area (TPSA) is 105 Å². The summed E-state index contributed by atoms with van der Waals surface area (Å²) in [6.45, 7) is 3.63. The highest BCUT2D eigenvalue weighted by Crippen LogP contribution is 1.95. The first-order valence-electron chi connectivity index (χ1n) is 4.52. The molecule has 16 heavy (non-hydrogen) atoms. The van der Waals surface area contributed by atoms with E-state index < -0.39 is 22.2 Å². The molecule has 0 rings (SSSR count). The van der Waals surface area contributed by atoms with Gasteiger partial charge in [-0.15, -0.1) is 6.58 Å². The fraction of sp³-hybridized carbons (Fsp3) is 0.625. The van der Waals surface area contributed by atoms with Crippen molar-refractivity contribution in [1.82, 2.24) is 9.44 Å². The number of rotatable bonds is 9. The van der Waals surface area contributed by atoms with E-state index in [2.05, 4.69) is 16.0 Å². The van der Waals surface area contributed by atoms with Crippen LogP contribution in [0.1, 0.15) is 6.42 Å². The van der Waals surface area contributed by atoms with E-state index in [1.54, 1.807) is 0 Å². The predicted molar refractivity (Wildman–Crippen MR) is 58.2 cm³/mol. The highest BCUT2D eigenvalue weighted by atomic mass is 32.2. The molecule has 0 aliphatic rings. The van der Waals surface area contributed by atoms with Crippen LogP contribution in [-0.2, 0) is 19.7 Å². The van der Waals surface area contributed by atoms with Gasteiger partial charge in [0.05, 0.1) is 6.61 Å². The number of methoxy groups -OCH3 is 1. The molecule has 0 aliphatic heterocycles. The summed E-state index contributed by atoms with van der Waals surface area (Å²) >= 11 is 0. The van der Waals surface area contributed by atoms with Crippen LogP contribution in [0.15, 0.2) is 12.7 Å². The second-order valence-electron chi connectivity index (χ2n) is 2.92. The quantitative estimate of drug-likeness (QED) is 0.364. The Labute approximate surface area is 94.7 Å². The fourth-order valence-electron chi connectivity index (χ4n) is 0.873. The summed E-state index contributed by atoms with van der Waals surface area (Å²) < 4.78 is 31.4. The smallest absolute Gasteiger partial charge is 0.322 e. The lowest BCUT2D eigenvalue weighted by Gasteiger charge is -2.13. The van der Waals surface area contributed by atoms with E-state index >= 15 is 0 Å². The summed E-state index contributed by atoms with van der Waals surface area (Å²) in [7, 11) is -2.40. The lowest BCUT2D eigenvalue weighted by atomic mass is 10.2. The van der Waals surface area contributed by atoms with Crippen LogP contribution >= 0.6 is 0 Å². The van der Waals surface area contributed by atoms with Crippen molar-refractivity contribution in [3.8, 4) is 0 Å². The van der Waals surface area contributed by atoms with Crippen LogP contribution < -0.4 is 9.44 Å². The minimum atomic E-state index is -3.83. The first-order chi connectivity index (χ1) is 7.43. The van der Waals surface area contributed by atoms with Crippen molar-refractivity contribution in [3.63, 3.8) is 0 Å². The van der Waals surface area contributed by atoms with Crippen molar-refractivity contribution < 1.29 is 23.1 Å². The molecule has 0 aliphatic carbocycles. The molecule has 7 nitrogen and oxygen atoms in total. The van der Waals surface area contributed by atoms with Crippen molar-refractivity contribution >= 4 is 16.2 Å². The maximum absolute atomic E-state index is 11.3. The van der Waals surface area contributed by atoms with Crippen molar-refractivity contribution in [2.24, 2.45) is 0 Å². The van der Waals surface area contributed by atoms with E-state index in [9.17, 15) is 13.2 Å². The van der Waals surface area contributed by atoms with E-state index in [4.69, 9.17) is 5.11 Å². The molecule has 0 saturated heterocycles. The Hall–Kier alpha value is -0.960. The number of hydrogen-bond donors (Lipinski definition) is 3. The standard InChI is InChI=1S/C8H16N2O5S/c1-3-4-7(8(11)12)10-16(13,14)9-5-6-15-2/h3,7,9-10H,1,4-6H2,2H3,(H,11,12). The maximum Gasteiger partial charge on any atom is 0.322 e. The third kappa shape index (κ3) is 6.51. The average molecular weight is 252 g/mol. The molecule has 1 unspecified atom stereocenters. The minimum absolute atomic E-state index is 0.0144. The molecule has 0 amide bonds. The Bertz CT molecular complexity index is 327. The number of aliphatic carboxylic acids is 1. The third-order valence-electron chi connectivity index (χ3n) is 1.60. The lowest BCUT2D eigenvalue weighted by Crippen LogP contribution is -2.46. The Morgan fingerprint density at radius 2 is 2.25 bits per heavy atom. The van der Waals surface area contributed by atoms with Crippen LogP contribution in [-0.4, -0.2) is 45.8 Å². The zero-order valence-electron chi connectivity index (χ0n) is 8.97. The monoisotopic (exact) mass is 252 g/mol. The number of ether oxygens (including phenoxy) is 1. The minimum Gasteiger partial charge on any atom is -0.480 e. The SMILES string of the molecule is C=CCC(NS(=O)(=O)NCCOC)C(=O)O. The molecule has 0 bridgehead atoms. The van der Waals surface area contributed by atoms with Gasteiger partial charge in [-0.3, -0.25) is 4.79 Å². The summed E-state index contributed by atoms with van der Waals surface area (Å²) in [5.74, 6) is -1.25. The Balaban J connectivity index is 4.30. The van der Waals surface area contributed by atoms with Crippen LogP contribution in [0.4, 0.5) is 0 Å². The first-order valence-corrected chi connectivity index (χ1v) is 6.01. The Morgan fingerprint density at radius 3 is 2.69 bits per heavy atom. The Kier molecular flexibility index (Phi) is 6.90. The van der Waals surface area contributed by atoms with Crippen LogP contribution in [0.3, 0.4) is 0 Å². The van der Waals surface area contributed by atoms with Gasteiger partial charge in [0.2, 0.25) is 0 Å². The number of carbonyl (C=O) groups is 1. The zero-order valence-corrected chi connectivity index (χ0v) is 9.79. The van der Waals surface area contributed by atoms with E-state index in [1.165, 1.54) is 13.2 Å². The molecule has 0 radical (unpaired) electrons. The van der Waals surface area contributed by atoms with Crippen molar-refractivity contribution in [3.05, 3.63) is 12.7 Å². The highest BCUT2D eigenvalue weighted by molar-refractivity contribution is 7.87. The van der Waals surface area contributed by atoms with Gasteiger partial charge in [-0.05, 0) is 6.42 Å². The molecular formula is C8H16N2O5S. The van der Waals surface area contributed by atoms with Crippen molar-refractivity contribution in [2.45, 2.75) is 12.5 Å². The predicted octanol–water partition coefficient (Wildman–Crippen LogP) is -0.914. The molecule has 8 heteroatoms. The fourth-order valence-corrected chi connectivity index (χ4v) is 1.88. The van der Waals surface area contributed by atoms with Crippen LogP contribution in [0.25, 0.3) is 0 Å². The van der Waals surface area contributed by atoms with Gasteiger partial charge < -0.3 is 9.84 Å². The molecule has 0 saturated carbocycles. The number of carboxylic acids is 1. The number of nitrogens with one attached hydrogen (secondary N) is 2. The number of carboxylic acid groups (broad SMARTS) is 1. The molecule has 3 N–H and O–H groups in total. The average Bonchev–Trinajstić information content (AvgIpc) is 2.17. The molecule has 0 heterocycles. The van der Waals surface area contributed by atoms with Gasteiger partial charge in [0.15, 0.2) is 0 Å². The van der Waals surface area contributed by atoms with Gasteiger partial charge in [0, 0.05) is 13.7 Å². The maximum atomic E-state index is 11.3. The summed E-state index contributed by atoms with van der Waals surface area (Å²) in [6, 6.07) is -1.21. The van der Waals surface area contributed by atoms with E-state index in [0.29, 0.717) is 0 Å². The molecule has 94 valence electrons. The third-order valence-corrected chi connectivity index (χ3v) is 2.78. The van der Waals surface area contributed by atoms with E-state index in [1.807, 2.05) is 4.72 Å². The van der Waals surface area contributed by atoms with Crippen molar-refractivity contribution in [2.75, 3.05) is 20.3 Å². The second-order valence-corrected chi connectivity index (χ2v) is 4.45. The summed E-state index contributed by atoms with van der Waals surface area (Å²) in [5.41, 5.74) is 0. The molecule has 0 aromatic carbocycles. The summed E-state index contributed by atoms with van der Waals surface area (Å²) in [4.78, 5) is 10.7. The molecular weight excluding hydrogens is 236 g/mol.